The summed E-state index contributed by atoms with van der Waals surface area (Å²) in [6, 6.07) is 0.378. The number of nitrogens with one attached hydrogen (secondary N) is 1. The SMILES string of the molecule is CCC(CC)NC(=O)CCCCCCCCCCCCCCC(C)C. The summed E-state index contributed by atoms with van der Waals surface area (Å²) >= 11 is 0. The molecule has 0 radical (unpaired) electrons. The third-order valence-electron chi connectivity index (χ3n) is 5.29. The van der Waals surface area contributed by atoms with E-state index in [0.717, 1.165) is 25.2 Å². The Balaban J connectivity index is 3.20. The van der Waals surface area contributed by atoms with Gasteiger partial charge in [0.1, 0.15) is 0 Å². The molecule has 0 heterocycles. The third-order valence-corrected chi connectivity index (χ3v) is 5.29. The fourth-order valence-corrected chi connectivity index (χ4v) is 3.40. The molecule has 0 saturated carbocycles. The first kappa shape index (κ1) is 24.5. The molecule has 0 aliphatic heterocycles. The molecule has 1 N–H and O–H groups in total. The van der Waals surface area contributed by atoms with E-state index >= 15 is 0 Å². The zero-order chi connectivity index (χ0) is 18.8. The lowest BCUT2D eigenvalue weighted by Gasteiger charge is -2.14. The predicted molar refractivity (Wildman–Crippen MR) is 112 cm³/mol. The van der Waals surface area contributed by atoms with Crippen molar-refractivity contribution in [3.63, 3.8) is 0 Å². The molecule has 0 unspecified atom stereocenters. The van der Waals surface area contributed by atoms with E-state index < -0.39 is 0 Å². The number of unbranched alkanes of at least 4 members (excludes halogenated alkanes) is 11. The number of carbonyl (C=O) groups is 1. The first-order valence-electron chi connectivity index (χ1n) is 11.4. The summed E-state index contributed by atoms with van der Waals surface area (Å²) in [6.07, 6.45) is 20.5. The van der Waals surface area contributed by atoms with Gasteiger partial charge < -0.3 is 5.32 Å². The lowest BCUT2D eigenvalue weighted by Crippen LogP contribution is -2.33. The maximum atomic E-state index is 11.8. The Labute approximate surface area is 158 Å². The van der Waals surface area contributed by atoms with Crippen molar-refractivity contribution in [2.75, 3.05) is 0 Å². The molecule has 0 rings (SSSR count). The molecule has 0 saturated heterocycles. The van der Waals surface area contributed by atoms with Crippen LogP contribution in [0.4, 0.5) is 0 Å². The van der Waals surface area contributed by atoms with Crippen LogP contribution in [0, 0.1) is 5.92 Å². The molecule has 0 bridgehead atoms. The van der Waals surface area contributed by atoms with Crippen molar-refractivity contribution < 1.29 is 4.79 Å². The highest BCUT2D eigenvalue weighted by Gasteiger charge is 2.07. The number of rotatable bonds is 18. The van der Waals surface area contributed by atoms with Crippen LogP contribution in [0.1, 0.15) is 130 Å². The van der Waals surface area contributed by atoms with E-state index in [1.54, 1.807) is 0 Å². The Bertz CT molecular complexity index is 284. The van der Waals surface area contributed by atoms with E-state index in [0.29, 0.717) is 12.5 Å². The Hall–Kier alpha value is -0.530. The van der Waals surface area contributed by atoms with Gasteiger partial charge in [-0.15, -0.1) is 0 Å². The van der Waals surface area contributed by atoms with Gasteiger partial charge in [-0.05, 0) is 25.2 Å². The molecule has 2 heteroatoms. The zero-order valence-electron chi connectivity index (χ0n) is 17.9. The van der Waals surface area contributed by atoms with Gasteiger partial charge in [0.2, 0.25) is 5.91 Å². The minimum atomic E-state index is 0.252. The predicted octanol–water partition coefficient (Wildman–Crippen LogP) is 7.41. The van der Waals surface area contributed by atoms with Crippen LogP contribution in [0.2, 0.25) is 0 Å². The summed E-state index contributed by atoms with van der Waals surface area (Å²) in [5.41, 5.74) is 0. The summed E-state index contributed by atoms with van der Waals surface area (Å²) in [6.45, 7) is 8.93. The quantitative estimate of drug-likeness (QED) is 0.255. The molecule has 150 valence electrons. The molecule has 0 fully saturated rings. The van der Waals surface area contributed by atoms with Gasteiger partial charge in [0.05, 0.1) is 0 Å². The van der Waals surface area contributed by atoms with Gasteiger partial charge in [0.15, 0.2) is 0 Å². The molecular formula is C23H47NO. The maximum Gasteiger partial charge on any atom is 0.220 e. The molecule has 0 aliphatic rings. The van der Waals surface area contributed by atoms with Crippen LogP contribution in [0.5, 0.6) is 0 Å². The monoisotopic (exact) mass is 353 g/mol. The fraction of sp³-hybridized carbons (Fsp3) is 0.957. The number of amides is 1. The highest BCUT2D eigenvalue weighted by Crippen LogP contribution is 2.14. The second-order valence-corrected chi connectivity index (χ2v) is 8.26. The van der Waals surface area contributed by atoms with E-state index in [1.807, 2.05) is 0 Å². The maximum absolute atomic E-state index is 11.8. The van der Waals surface area contributed by atoms with Gasteiger partial charge in [0, 0.05) is 12.5 Å². The smallest absolute Gasteiger partial charge is 0.220 e. The minimum Gasteiger partial charge on any atom is -0.353 e. The normalized spacial score (nSPS) is 11.4. The molecule has 0 aromatic heterocycles. The van der Waals surface area contributed by atoms with Crippen LogP contribution < -0.4 is 5.32 Å². The van der Waals surface area contributed by atoms with Gasteiger partial charge in [-0.25, -0.2) is 0 Å². The molecular weight excluding hydrogens is 306 g/mol. The minimum absolute atomic E-state index is 0.252. The second kappa shape index (κ2) is 18.3. The number of carbonyl (C=O) groups excluding carboxylic acids is 1. The number of hydrogen-bond acceptors (Lipinski definition) is 1. The molecule has 0 spiro atoms. The van der Waals surface area contributed by atoms with Crippen molar-refractivity contribution in [1.29, 1.82) is 0 Å². The number of hydrogen-bond donors (Lipinski definition) is 1. The van der Waals surface area contributed by atoms with Gasteiger partial charge in [-0.3, -0.25) is 4.79 Å². The topological polar surface area (TPSA) is 29.1 Å². The molecule has 1 amide bonds. The summed E-state index contributed by atoms with van der Waals surface area (Å²) in [5, 5.41) is 3.13. The standard InChI is InChI=1S/C23H47NO/c1-5-22(6-2)24-23(25)20-18-16-14-12-10-8-7-9-11-13-15-17-19-21(3)4/h21-22H,5-20H2,1-4H3,(H,24,25). The molecule has 0 aromatic carbocycles. The second-order valence-electron chi connectivity index (χ2n) is 8.26. The average Bonchev–Trinajstić information content (AvgIpc) is 2.59. The first-order chi connectivity index (χ1) is 12.1. The van der Waals surface area contributed by atoms with Crippen molar-refractivity contribution >= 4 is 5.91 Å². The Morgan fingerprint density at radius 3 is 1.48 bits per heavy atom. The fourth-order valence-electron chi connectivity index (χ4n) is 3.40. The van der Waals surface area contributed by atoms with Crippen LogP contribution in [0.3, 0.4) is 0 Å². The third kappa shape index (κ3) is 18.1. The van der Waals surface area contributed by atoms with Crippen LogP contribution in [-0.2, 0) is 4.79 Å². The van der Waals surface area contributed by atoms with Gasteiger partial charge in [-0.1, -0.05) is 105 Å². The van der Waals surface area contributed by atoms with E-state index in [-0.39, 0.29) is 5.91 Å². The van der Waals surface area contributed by atoms with Crippen molar-refractivity contribution in [3.05, 3.63) is 0 Å². The molecule has 0 aliphatic carbocycles. The zero-order valence-corrected chi connectivity index (χ0v) is 17.9. The van der Waals surface area contributed by atoms with Crippen molar-refractivity contribution in [2.24, 2.45) is 5.92 Å². The van der Waals surface area contributed by atoms with E-state index in [9.17, 15) is 4.79 Å². The van der Waals surface area contributed by atoms with Gasteiger partial charge in [0.25, 0.3) is 0 Å². The van der Waals surface area contributed by atoms with E-state index in [1.165, 1.54) is 77.0 Å². The van der Waals surface area contributed by atoms with Crippen LogP contribution >= 0.6 is 0 Å². The Morgan fingerprint density at radius 2 is 1.08 bits per heavy atom. The van der Waals surface area contributed by atoms with Crippen molar-refractivity contribution in [1.82, 2.24) is 5.32 Å². The Kier molecular flexibility index (Phi) is 17.9. The van der Waals surface area contributed by atoms with Crippen molar-refractivity contribution in [2.45, 2.75) is 136 Å². The van der Waals surface area contributed by atoms with Gasteiger partial charge >= 0.3 is 0 Å². The molecule has 0 atom stereocenters. The largest absolute Gasteiger partial charge is 0.353 e. The van der Waals surface area contributed by atoms with Crippen LogP contribution in [-0.4, -0.2) is 11.9 Å². The van der Waals surface area contributed by atoms with E-state index in [2.05, 4.69) is 33.0 Å². The summed E-state index contributed by atoms with van der Waals surface area (Å²) in [4.78, 5) is 11.8. The van der Waals surface area contributed by atoms with E-state index in [4.69, 9.17) is 0 Å². The molecule has 25 heavy (non-hydrogen) atoms. The average molecular weight is 354 g/mol. The highest BCUT2D eigenvalue weighted by atomic mass is 16.1. The lowest BCUT2D eigenvalue weighted by molar-refractivity contribution is -0.121. The first-order valence-corrected chi connectivity index (χ1v) is 11.4. The summed E-state index contributed by atoms with van der Waals surface area (Å²) < 4.78 is 0. The van der Waals surface area contributed by atoms with Gasteiger partial charge in [-0.2, -0.15) is 0 Å². The van der Waals surface area contributed by atoms with Crippen LogP contribution in [0.25, 0.3) is 0 Å². The summed E-state index contributed by atoms with van der Waals surface area (Å²) in [7, 11) is 0. The highest BCUT2D eigenvalue weighted by molar-refractivity contribution is 5.76. The Morgan fingerprint density at radius 1 is 0.680 bits per heavy atom. The lowest BCUT2D eigenvalue weighted by atomic mass is 10.0. The van der Waals surface area contributed by atoms with Crippen LogP contribution in [0.15, 0.2) is 0 Å². The molecule has 0 aromatic rings. The van der Waals surface area contributed by atoms with Crippen molar-refractivity contribution in [3.8, 4) is 0 Å². The summed E-state index contributed by atoms with van der Waals surface area (Å²) in [5.74, 6) is 1.13. The molecule has 2 nitrogen and oxygen atoms in total.